The fourth-order valence-corrected chi connectivity index (χ4v) is 3.90. The quantitative estimate of drug-likeness (QED) is 0.609. The van der Waals surface area contributed by atoms with Crippen LogP contribution in [0.25, 0.3) is 5.69 Å². The van der Waals surface area contributed by atoms with Crippen molar-refractivity contribution in [2.45, 2.75) is 32.0 Å². The van der Waals surface area contributed by atoms with Crippen LogP contribution in [0.15, 0.2) is 60.9 Å². The van der Waals surface area contributed by atoms with E-state index in [-0.39, 0.29) is 11.7 Å². The van der Waals surface area contributed by atoms with Gasteiger partial charge < -0.3 is 10.2 Å². The van der Waals surface area contributed by atoms with E-state index < -0.39 is 17.8 Å². The average Bonchev–Trinajstić information content (AvgIpc) is 3.40. The Balaban J connectivity index is 1.66. The van der Waals surface area contributed by atoms with Gasteiger partial charge in [0.15, 0.2) is 0 Å². The Morgan fingerprint density at radius 2 is 1.97 bits per heavy atom. The lowest BCUT2D eigenvalue weighted by Gasteiger charge is -2.27. The topological polar surface area (TPSA) is 50.2 Å². The molecule has 2 aromatic carbocycles. The van der Waals surface area contributed by atoms with Crippen molar-refractivity contribution in [3.63, 3.8) is 0 Å². The van der Waals surface area contributed by atoms with Crippen molar-refractivity contribution < 1.29 is 18.0 Å². The second-order valence-corrected chi connectivity index (χ2v) is 7.32. The number of aryl methyl sites for hydroxylation is 1. The normalized spacial score (nSPS) is 16.7. The van der Waals surface area contributed by atoms with Crippen molar-refractivity contribution in [3.05, 3.63) is 77.6 Å². The summed E-state index contributed by atoms with van der Waals surface area (Å²) in [7, 11) is 0. The van der Waals surface area contributed by atoms with Gasteiger partial charge in [0, 0.05) is 18.9 Å². The minimum absolute atomic E-state index is 0.0639. The lowest BCUT2D eigenvalue weighted by Crippen LogP contribution is -2.35. The summed E-state index contributed by atoms with van der Waals surface area (Å²) >= 11 is 0. The van der Waals surface area contributed by atoms with Crippen LogP contribution in [0, 0.1) is 6.92 Å². The molecule has 1 saturated heterocycles. The molecule has 1 aromatic heterocycles. The van der Waals surface area contributed by atoms with Gasteiger partial charge in [-0.25, -0.2) is 9.48 Å². The molecule has 1 aliphatic rings. The number of carbonyl (C=O) groups is 1. The number of hydrogen-bond acceptors (Lipinski definition) is 2. The molecule has 1 fully saturated rings. The molecule has 0 aliphatic carbocycles. The molecule has 0 radical (unpaired) electrons. The Morgan fingerprint density at radius 1 is 1.17 bits per heavy atom. The number of amides is 2. The molecule has 0 unspecified atom stereocenters. The molecule has 4 rings (SSSR count). The van der Waals surface area contributed by atoms with E-state index in [2.05, 4.69) is 10.4 Å². The number of hydrogen-bond donors (Lipinski definition) is 1. The zero-order valence-corrected chi connectivity index (χ0v) is 16.4. The number of carbonyl (C=O) groups excluding carboxylic acids is 1. The van der Waals surface area contributed by atoms with Crippen molar-refractivity contribution in [1.82, 2.24) is 14.7 Å². The third kappa shape index (κ3) is 3.90. The van der Waals surface area contributed by atoms with E-state index in [0.717, 1.165) is 36.1 Å². The molecular weight excluding hydrogens is 393 g/mol. The summed E-state index contributed by atoms with van der Waals surface area (Å²) in [4.78, 5) is 14.8. The highest BCUT2D eigenvalue weighted by atomic mass is 19.4. The molecule has 2 heterocycles. The first kappa shape index (κ1) is 20.0. The highest BCUT2D eigenvalue weighted by Gasteiger charge is 2.33. The Labute approximate surface area is 172 Å². The number of nitrogens with zero attached hydrogens (tertiary/aromatic N) is 3. The molecule has 3 aromatic rings. The summed E-state index contributed by atoms with van der Waals surface area (Å²) in [6.45, 7) is 2.53. The molecule has 1 atom stereocenters. The van der Waals surface area contributed by atoms with Crippen molar-refractivity contribution in [2.24, 2.45) is 0 Å². The van der Waals surface area contributed by atoms with E-state index in [4.69, 9.17) is 0 Å². The minimum atomic E-state index is -4.51. The largest absolute Gasteiger partial charge is 0.416 e. The van der Waals surface area contributed by atoms with E-state index in [1.165, 1.54) is 16.9 Å². The third-order valence-electron chi connectivity index (χ3n) is 5.38. The number of aromatic nitrogens is 2. The van der Waals surface area contributed by atoms with E-state index in [1.807, 2.05) is 31.2 Å². The maximum Gasteiger partial charge on any atom is 0.416 e. The molecule has 156 valence electrons. The summed E-state index contributed by atoms with van der Waals surface area (Å²) in [5, 5.41) is 6.79. The van der Waals surface area contributed by atoms with E-state index >= 15 is 0 Å². The maximum absolute atomic E-state index is 13.3. The first-order chi connectivity index (χ1) is 14.3. The number of urea groups is 1. The van der Waals surface area contributed by atoms with Gasteiger partial charge >= 0.3 is 12.2 Å². The predicted molar refractivity (Wildman–Crippen MR) is 107 cm³/mol. The zero-order chi connectivity index (χ0) is 21.3. The summed E-state index contributed by atoms with van der Waals surface area (Å²) < 4.78 is 41.2. The van der Waals surface area contributed by atoms with Crippen LogP contribution in [0.4, 0.5) is 23.7 Å². The third-order valence-corrected chi connectivity index (χ3v) is 5.38. The van der Waals surface area contributed by atoms with Crippen LogP contribution < -0.4 is 5.32 Å². The fourth-order valence-electron chi connectivity index (χ4n) is 3.90. The molecule has 1 aliphatic heterocycles. The fraction of sp³-hybridized carbons (Fsp3) is 0.273. The average molecular weight is 414 g/mol. The second-order valence-electron chi connectivity index (χ2n) is 7.32. The van der Waals surface area contributed by atoms with Crippen LogP contribution in [0.3, 0.4) is 0 Å². The number of nitrogens with one attached hydrogen (secondary N) is 1. The summed E-state index contributed by atoms with van der Waals surface area (Å²) in [6, 6.07) is 12.2. The van der Waals surface area contributed by atoms with E-state index in [1.54, 1.807) is 17.2 Å². The van der Waals surface area contributed by atoms with Crippen LogP contribution >= 0.6 is 0 Å². The van der Waals surface area contributed by atoms with Crippen molar-refractivity contribution in [2.75, 3.05) is 11.9 Å². The van der Waals surface area contributed by atoms with Gasteiger partial charge in [-0.2, -0.15) is 18.3 Å². The first-order valence-electron chi connectivity index (χ1n) is 9.69. The maximum atomic E-state index is 13.3. The van der Waals surface area contributed by atoms with Crippen molar-refractivity contribution >= 4 is 11.7 Å². The van der Waals surface area contributed by atoms with Crippen molar-refractivity contribution in [1.29, 1.82) is 0 Å². The van der Waals surface area contributed by atoms with Crippen LogP contribution in [0.2, 0.25) is 0 Å². The lowest BCUT2D eigenvalue weighted by molar-refractivity contribution is -0.137. The van der Waals surface area contributed by atoms with Gasteiger partial charge in [0.2, 0.25) is 0 Å². The molecule has 0 bridgehead atoms. The van der Waals surface area contributed by atoms with Gasteiger partial charge in [-0.15, -0.1) is 0 Å². The second kappa shape index (κ2) is 7.85. The van der Waals surface area contributed by atoms with E-state index in [9.17, 15) is 18.0 Å². The Kier molecular flexibility index (Phi) is 5.24. The number of alkyl halides is 3. The Hall–Kier alpha value is -3.29. The number of likely N-dealkylation sites (tertiary alicyclic amines) is 1. The van der Waals surface area contributed by atoms with Crippen LogP contribution in [0.1, 0.15) is 35.6 Å². The minimum Gasteiger partial charge on any atom is -0.317 e. The number of anilines is 1. The van der Waals surface area contributed by atoms with Gasteiger partial charge in [-0.1, -0.05) is 24.3 Å². The van der Waals surface area contributed by atoms with Gasteiger partial charge in [0.05, 0.1) is 23.0 Å². The van der Waals surface area contributed by atoms with Gasteiger partial charge in [-0.3, -0.25) is 0 Å². The summed E-state index contributed by atoms with van der Waals surface area (Å²) in [5.74, 6) is 0. The highest BCUT2D eigenvalue weighted by Crippen LogP contribution is 2.36. The van der Waals surface area contributed by atoms with Crippen LogP contribution in [0.5, 0.6) is 0 Å². The lowest BCUT2D eigenvalue weighted by atomic mass is 9.99. The SMILES string of the molecule is Cc1ccccc1[C@@H]1CCCN1C(=O)Nc1cc(C(F)(F)F)ccc1-n1cccn1. The monoisotopic (exact) mass is 414 g/mol. The molecule has 0 saturated carbocycles. The number of halogens is 3. The zero-order valence-electron chi connectivity index (χ0n) is 16.4. The molecule has 1 N–H and O–H groups in total. The number of rotatable bonds is 3. The molecule has 0 spiro atoms. The summed E-state index contributed by atoms with van der Waals surface area (Å²) in [6.07, 6.45) is 0.273. The van der Waals surface area contributed by atoms with Gasteiger partial charge in [0.1, 0.15) is 0 Å². The van der Waals surface area contributed by atoms with Gasteiger partial charge in [0.25, 0.3) is 0 Å². The van der Waals surface area contributed by atoms with Gasteiger partial charge in [-0.05, 0) is 55.2 Å². The van der Waals surface area contributed by atoms with Crippen LogP contribution in [-0.4, -0.2) is 27.3 Å². The van der Waals surface area contributed by atoms with Crippen molar-refractivity contribution in [3.8, 4) is 5.69 Å². The standard InChI is InChI=1S/C22H21F3N4O/c1-15-6-2-3-7-17(15)19-8-4-12-28(19)21(30)27-18-14-16(22(23,24)25)9-10-20(18)29-13-5-11-26-29/h2-3,5-7,9-11,13-14,19H,4,8,12H2,1H3,(H,27,30)/t19-/m0/s1. The molecule has 5 nitrogen and oxygen atoms in total. The predicted octanol–water partition coefficient (Wildman–Crippen LogP) is 5.57. The summed E-state index contributed by atoms with van der Waals surface area (Å²) in [5.41, 5.74) is 1.74. The molecule has 2 amide bonds. The first-order valence-corrected chi connectivity index (χ1v) is 9.69. The molecule has 30 heavy (non-hydrogen) atoms. The number of benzene rings is 2. The molecule has 8 heteroatoms. The highest BCUT2D eigenvalue weighted by molar-refractivity contribution is 5.92. The smallest absolute Gasteiger partial charge is 0.317 e. The molecular formula is C22H21F3N4O. The van der Waals surface area contributed by atoms with Crippen LogP contribution in [-0.2, 0) is 6.18 Å². The van der Waals surface area contributed by atoms with E-state index in [0.29, 0.717) is 12.2 Å². The Bertz CT molecular complexity index is 1050. The Morgan fingerprint density at radius 3 is 2.67 bits per heavy atom.